The lowest BCUT2D eigenvalue weighted by molar-refractivity contribution is -0.191. The zero-order valence-corrected chi connectivity index (χ0v) is 17.5. The molecule has 1 aliphatic rings. The number of ether oxygens (including phenoxy) is 1. The lowest BCUT2D eigenvalue weighted by atomic mass is 9.77. The minimum Gasteiger partial charge on any atom is -0.462 e. The van der Waals surface area contributed by atoms with E-state index >= 15 is 0 Å². The summed E-state index contributed by atoms with van der Waals surface area (Å²) in [5, 5.41) is 15.3. The fourth-order valence-corrected chi connectivity index (χ4v) is 3.86. The van der Waals surface area contributed by atoms with E-state index in [0.29, 0.717) is 16.1 Å². The lowest BCUT2D eigenvalue weighted by Crippen LogP contribution is -2.70. The van der Waals surface area contributed by atoms with Gasteiger partial charge in [-0.25, -0.2) is 4.79 Å². The average molecular weight is 433 g/mol. The largest absolute Gasteiger partial charge is 0.462 e. The molecule has 3 rings (SSSR count). The number of thiocarbonyl (C=S) groups is 1. The normalized spacial score (nSPS) is 24.0. The van der Waals surface area contributed by atoms with Crippen LogP contribution in [0.3, 0.4) is 0 Å². The number of hydrogen-bond acceptors (Lipinski definition) is 5. The number of carbonyl (C=O) groups is 2. The smallest absolute Gasteiger partial charge is 0.360 e. The first kappa shape index (κ1) is 21.2. The zero-order valence-electron chi connectivity index (χ0n) is 16.0. The Morgan fingerprint density at radius 1 is 1.21 bits per heavy atom. The van der Waals surface area contributed by atoms with Crippen LogP contribution in [0.15, 0.2) is 54.6 Å². The Morgan fingerprint density at radius 2 is 1.83 bits per heavy atom. The monoisotopic (exact) mass is 432 g/mol. The van der Waals surface area contributed by atoms with Gasteiger partial charge in [0.25, 0.3) is 5.72 Å². The first-order chi connectivity index (χ1) is 13.8. The fourth-order valence-electron chi connectivity index (χ4n) is 3.47. The van der Waals surface area contributed by atoms with E-state index in [-0.39, 0.29) is 11.7 Å². The molecule has 3 atom stereocenters. The molecular weight excluding hydrogens is 412 g/mol. The second-order valence-electron chi connectivity index (χ2n) is 6.69. The summed E-state index contributed by atoms with van der Waals surface area (Å²) < 4.78 is 5.13. The molecule has 6 nitrogen and oxygen atoms in total. The first-order valence-corrected chi connectivity index (χ1v) is 9.88. The van der Waals surface area contributed by atoms with Crippen molar-refractivity contribution in [3.05, 3.63) is 70.7 Å². The number of nitrogens with zero attached hydrogens (tertiary/aromatic N) is 1. The molecule has 0 aliphatic carbocycles. The van der Waals surface area contributed by atoms with Crippen LogP contribution < -0.4 is 5.32 Å². The van der Waals surface area contributed by atoms with Gasteiger partial charge in [0.15, 0.2) is 10.9 Å². The van der Waals surface area contributed by atoms with E-state index < -0.39 is 29.4 Å². The molecule has 0 unspecified atom stereocenters. The third-order valence-electron chi connectivity index (χ3n) is 5.01. The Balaban J connectivity index is 2.18. The zero-order chi connectivity index (χ0) is 21.2. The molecule has 2 N–H and O–H groups in total. The van der Waals surface area contributed by atoms with Crippen molar-refractivity contribution in [3.8, 4) is 0 Å². The summed E-state index contributed by atoms with van der Waals surface area (Å²) in [5.41, 5.74) is -1.26. The van der Waals surface area contributed by atoms with Gasteiger partial charge in [-0.3, -0.25) is 4.79 Å². The third kappa shape index (κ3) is 3.85. The molecule has 0 saturated carbocycles. The van der Waals surface area contributed by atoms with Gasteiger partial charge in [0, 0.05) is 17.6 Å². The number of hydrogen-bond donors (Lipinski definition) is 2. The van der Waals surface area contributed by atoms with Gasteiger partial charge in [-0.1, -0.05) is 54.1 Å². The number of carbonyl (C=O) groups excluding carboxylic acids is 2. The third-order valence-corrected chi connectivity index (χ3v) is 5.65. The Morgan fingerprint density at radius 3 is 2.41 bits per heavy atom. The number of Topliss-reactive ketones (excluding diaryl/α,β-unsaturated/α-hetero) is 1. The quantitative estimate of drug-likeness (QED) is 0.427. The Hall–Kier alpha value is -2.48. The summed E-state index contributed by atoms with van der Waals surface area (Å²) in [6, 6.07) is 14.5. The number of ketones is 1. The lowest BCUT2D eigenvalue weighted by Gasteiger charge is -2.49. The van der Waals surface area contributed by atoms with Crippen molar-refractivity contribution in [2.75, 3.05) is 13.7 Å². The van der Waals surface area contributed by atoms with Crippen molar-refractivity contribution in [1.29, 1.82) is 0 Å². The molecule has 1 fully saturated rings. The van der Waals surface area contributed by atoms with Crippen LogP contribution in [-0.4, -0.2) is 46.3 Å². The highest BCUT2D eigenvalue weighted by Gasteiger charge is 2.59. The van der Waals surface area contributed by atoms with E-state index in [2.05, 4.69) is 5.32 Å². The van der Waals surface area contributed by atoms with Crippen LogP contribution in [0.25, 0.3) is 0 Å². The molecule has 8 heteroatoms. The van der Waals surface area contributed by atoms with Gasteiger partial charge in [-0.05, 0) is 36.8 Å². The molecule has 29 heavy (non-hydrogen) atoms. The molecule has 152 valence electrons. The van der Waals surface area contributed by atoms with Crippen molar-refractivity contribution in [3.63, 3.8) is 0 Å². The van der Waals surface area contributed by atoms with Crippen molar-refractivity contribution in [2.45, 2.75) is 18.7 Å². The molecule has 2 aromatic rings. The van der Waals surface area contributed by atoms with Crippen LogP contribution in [0, 0.1) is 5.92 Å². The van der Waals surface area contributed by atoms with Crippen molar-refractivity contribution in [1.82, 2.24) is 10.2 Å². The van der Waals surface area contributed by atoms with Gasteiger partial charge in [-0.2, -0.15) is 0 Å². The number of benzene rings is 2. The first-order valence-electron chi connectivity index (χ1n) is 9.09. The summed E-state index contributed by atoms with van der Waals surface area (Å²) >= 11 is 11.3. The van der Waals surface area contributed by atoms with E-state index in [1.807, 2.05) is 0 Å². The molecule has 1 aliphatic heterocycles. The number of likely N-dealkylation sites (N-methyl/N-ethyl adjacent to an activating group) is 1. The SMILES string of the molecule is CCOC(=O)[C@]1(O)[C@@H](C(=O)c2ccccc2)[C@H](c2ccc(Cl)cc2)NC(=S)N1C. The number of halogens is 1. The predicted octanol–water partition coefficient (Wildman–Crippen LogP) is 2.95. The average Bonchev–Trinajstić information content (AvgIpc) is 2.72. The molecule has 0 bridgehead atoms. The highest BCUT2D eigenvalue weighted by Crippen LogP contribution is 2.40. The van der Waals surface area contributed by atoms with E-state index in [9.17, 15) is 14.7 Å². The maximum Gasteiger partial charge on any atom is 0.360 e. The van der Waals surface area contributed by atoms with Gasteiger partial charge in [0.2, 0.25) is 0 Å². The number of nitrogens with one attached hydrogen (secondary N) is 1. The van der Waals surface area contributed by atoms with Crippen LogP contribution in [0.1, 0.15) is 28.9 Å². The minimum absolute atomic E-state index is 0.0486. The van der Waals surface area contributed by atoms with Crippen molar-refractivity contribution >= 4 is 40.7 Å². The number of aliphatic hydroxyl groups is 1. The minimum atomic E-state index is -2.28. The summed E-state index contributed by atoms with van der Waals surface area (Å²) in [6.07, 6.45) is 0. The van der Waals surface area contributed by atoms with Crippen LogP contribution in [0.2, 0.25) is 5.02 Å². The molecule has 1 saturated heterocycles. The van der Waals surface area contributed by atoms with Gasteiger partial charge < -0.3 is 20.1 Å². The summed E-state index contributed by atoms with van der Waals surface area (Å²) in [7, 11) is 1.45. The molecule has 0 aromatic heterocycles. The van der Waals surface area contributed by atoms with E-state index in [1.54, 1.807) is 61.5 Å². The van der Waals surface area contributed by atoms with Crippen LogP contribution in [0.5, 0.6) is 0 Å². The second kappa shape index (κ2) is 8.49. The standard InChI is InChI=1S/C21H21ClN2O4S/c1-3-28-19(26)21(27)16(18(25)14-7-5-4-6-8-14)17(23-20(29)24(21)2)13-9-11-15(22)12-10-13/h4-12,16-17,27H,3H2,1-2H3,(H,23,29)/t16-,17+,21-/m1/s1. The van der Waals surface area contributed by atoms with Gasteiger partial charge >= 0.3 is 5.97 Å². The summed E-state index contributed by atoms with van der Waals surface area (Å²) in [4.78, 5) is 27.6. The molecule has 2 aromatic carbocycles. The Labute approximate surface area is 179 Å². The number of rotatable bonds is 5. The topological polar surface area (TPSA) is 78.9 Å². The van der Waals surface area contributed by atoms with Crippen molar-refractivity contribution in [2.24, 2.45) is 5.92 Å². The maximum atomic E-state index is 13.5. The maximum absolute atomic E-state index is 13.5. The number of esters is 1. The molecular formula is C21H21ClN2O4S. The molecule has 1 heterocycles. The molecule has 0 amide bonds. The summed E-state index contributed by atoms with van der Waals surface area (Å²) in [5.74, 6) is -2.57. The second-order valence-corrected chi connectivity index (χ2v) is 7.52. The van der Waals surface area contributed by atoms with Gasteiger partial charge in [0.05, 0.1) is 12.6 Å². The highest BCUT2D eigenvalue weighted by atomic mass is 35.5. The van der Waals surface area contributed by atoms with Gasteiger partial charge in [-0.15, -0.1) is 0 Å². The van der Waals surface area contributed by atoms with E-state index in [1.165, 1.54) is 11.9 Å². The molecule has 0 radical (unpaired) electrons. The van der Waals surface area contributed by atoms with E-state index in [0.717, 1.165) is 0 Å². The van der Waals surface area contributed by atoms with Crippen LogP contribution in [-0.2, 0) is 9.53 Å². The molecule has 0 spiro atoms. The fraction of sp³-hybridized carbons (Fsp3) is 0.286. The highest BCUT2D eigenvalue weighted by molar-refractivity contribution is 7.80. The van der Waals surface area contributed by atoms with Crippen LogP contribution >= 0.6 is 23.8 Å². The summed E-state index contributed by atoms with van der Waals surface area (Å²) in [6.45, 7) is 1.68. The van der Waals surface area contributed by atoms with E-state index in [4.69, 9.17) is 28.6 Å². The predicted molar refractivity (Wildman–Crippen MR) is 114 cm³/mol. The van der Waals surface area contributed by atoms with Crippen LogP contribution in [0.4, 0.5) is 0 Å². The Bertz CT molecular complexity index is 922. The van der Waals surface area contributed by atoms with Gasteiger partial charge in [0.1, 0.15) is 5.92 Å². The van der Waals surface area contributed by atoms with Crippen molar-refractivity contribution < 1.29 is 19.4 Å². The Kier molecular flexibility index (Phi) is 6.21.